The number of carbonyl (C=O) groups excluding carboxylic acids is 1. The largest absolute Gasteiger partial charge is 0.321 e. The second-order valence-electron chi connectivity index (χ2n) is 4.38. The zero-order valence-corrected chi connectivity index (χ0v) is 12.6. The number of aromatic nitrogens is 4. The van der Waals surface area contributed by atoms with Crippen molar-refractivity contribution in [1.29, 1.82) is 0 Å². The molecule has 1 heterocycles. The first-order valence-corrected chi connectivity index (χ1v) is 6.99. The third-order valence-corrected chi connectivity index (χ3v) is 3.45. The molecule has 8 heteroatoms. The number of carbonyl (C=O) groups is 1. The van der Waals surface area contributed by atoms with Crippen LogP contribution in [-0.4, -0.2) is 26.1 Å². The molecule has 0 radical (unpaired) electrons. The van der Waals surface area contributed by atoms with Crippen molar-refractivity contribution in [3.63, 3.8) is 0 Å². The van der Waals surface area contributed by atoms with Crippen molar-refractivity contribution in [2.45, 2.75) is 0 Å². The van der Waals surface area contributed by atoms with E-state index in [4.69, 9.17) is 23.2 Å². The molecule has 0 spiro atoms. The highest BCUT2D eigenvalue weighted by Gasteiger charge is 2.10. The first kappa shape index (κ1) is 14.5. The van der Waals surface area contributed by atoms with Crippen molar-refractivity contribution in [3.8, 4) is 5.69 Å². The predicted octanol–water partition coefficient (Wildman–Crippen LogP) is 3.22. The lowest BCUT2D eigenvalue weighted by atomic mass is 10.2. The van der Waals surface area contributed by atoms with Gasteiger partial charge in [0.25, 0.3) is 5.91 Å². The zero-order valence-electron chi connectivity index (χ0n) is 11.1. The fourth-order valence-corrected chi connectivity index (χ4v) is 2.31. The summed E-state index contributed by atoms with van der Waals surface area (Å²) in [5, 5.41) is 14.5. The molecule has 110 valence electrons. The third-order valence-electron chi connectivity index (χ3n) is 2.90. The minimum atomic E-state index is -0.292. The summed E-state index contributed by atoms with van der Waals surface area (Å²) < 4.78 is 1.46. The van der Waals surface area contributed by atoms with E-state index in [0.717, 1.165) is 0 Å². The minimum absolute atomic E-state index is 0.292. The Balaban J connectivity index is 1.85. The van der Waals surface area contributed by atoms with E-state index < -0.39 is 0 Å². The van der Waals surface area contributed by atoms with Gasteiger partial charge in [-0.3, -0.25) is 4.79 Å². The van der Waals surface area contributed by atoms with Gasteiger partial charge in [-0.2, -0.15) is 0 Å². The van der Waals surface area contributed by atoms with E-state index in [-0.39, 0.29) is 5.91 Å². The fraction of sp³-hybridized carbons (Fsp3) is 0. The van der Waals surface area contributed by atoms with Crippen molar-refractivity contribution < 1.29 is 4.79 Å². The maximum absolute atomic E-state index is 12.3. The van der Waals surface area contributed by atoms with E-state index in [0.29, 0.717) is 27.0 Å². The Morgan fingerprint density at radius 2 is 2.00 bits per heavy atom. The van der Waals surface area contributed by atoms with Gasteiger partial charge in [-0.1, -0.05) is 29.3 Å². The van der Waals surface area contributed by atoms with Crippen LogP contribution < -0.4 is 5.32 Å². The second-order valence-corrected chi connectivity index (χ2v) is 5.23. The Morgan fingerprint density at radius 1 is 1.14 bits per heavy atom. The van der Waals surface area contributed by atoms with Crippen molar-refractivity contribution in [3.05, 3.63) is 64.4 Å². The number of nitrogens with one attached hydrogen (secondary N) is 1. The second kappa shape index (κ2) is 6.13. The molecule has 0 atom stereocenters. The standard InChI is InChI=1S/C14H9Cl2N5O/c15-10-4-5-13(12(16)7-10)18-14(22)9-2-1-3-11(6-9)21-8-17-19-20-21/h1-8H,(H,18,22). The van der Waals surface area contributed by atoms with E-state index in [1.807, 2.05) is 0 Å². The number of tetrazole rings is 1. The Labute approximate surface area is 135 Å². The molecule has 0 aliphatic carbocycles. The maximum Gasteiger partial charge on any atom is 0.255 e. The number of amides is 1. The van der Waals surface area contributed by atoms with Gasteiger partial charge in [-0.05, 0) is 46.8 Å². The fourth-order valence-electron chi connectivity index (χ4n) is 1.85. The highest BCUT2D eigenvalue weighted by Crippen LogP contribution is 2.25. The molecule has 3 rings (SSSR count). The first-order valence-electron chi connectivity index (χ1n) is 6.23. The van der Waals surface area contributed by atoms with Gasteiger partial charge >= 0.3 is 0 Å². The summed E-state index contributed by atoms with van der Waals surface area (Å²) in [7, 11) is 0. The summed E-state index contributed by atoms with van der Waals surface area (Å²) in [4.78, 5) is 12.3. The van der Waals surface area contributed by atoms with Gasteiger partial charge in [0.2, 0.25) is 0 Å². The summed E-state index contributed by atoms with van der Waals surface area (Å²) in [5.74, 6) is -0.292. The van der Waals surface area contributed by atoms with Crippen LogP contribution in [0.25, 0.3) is 5.69 Å². The van der Waals surface area contributed by atoms with Gasteiger partial charge < -0.3 is 5.32 Å². The number of anilines is 1. The van der Waals surface area contributed by atoms with Crippen LogP contribution in [0.15, 0.2) is 48.8 Å². The number of nitrogens with zero attached hydrogens (tertiary/aromatic N) is 4. The van der Waals surface area contributed by atoms with Crippen molar-refractivity contribution in [2.24, 2.45) is 0 Å². The van der Waals surface area contributed by atoms with Gasteiger partial charge in [0.15, 0.2) is 0 Å². The third kappa shape index (κ3) is 3.08. The topological polar surface area (TPSA) is 72.7 Å². The van der Waals surface area contributed by atoms with Crippen molar-refractivity contribution in [2.75, 3.05) is 5.32 Å². The summed E-state index contributed by atoms with van der Waals surface area (Å²) in [5.41, 5.74) is 1.63. The normalized spacial score (nSPS) is 10.5. The number of hydrogen-bond donors (Lipinski definition) is 1. The van der Waals surface area contributed by atoms with Crippen molar-refractivity contribution in [1.82, 2.24) is 20.2 Å². The van der Waals surface area contributed by atoms with Crippen LogP contribution in [0.1, 0.15) is 10.4 Å². The Bertz CT molecular complexity index is 820. The van der Waals surface area contributed by atoms with E-state index in [9.17, 15) is 4.79 Å². The van der Waals surface area contributed by atoms with E-state index in [1.165, 1.54) is 11.0 Å². The van der Waals surface area contributed by atoms with Gasteiger partial charge in [-0.15, -0.1) is 5.10 Å². The monoisotopic (exact) mass is 333 g/mol. The lowest BCUT2D eigenvalue weighted by Gasteiger charge is -2.08. The van der Waals surface area contributed by atoms with Crippen LogP contribution in [0.3, 0.4) is 0 Å². The molecule has 1 aromatic heterocycles. The molecule has 6 nitrogen and oxygen atoms in total. The predicted molar refractivity (Wildman–Crippen MR) is 83.6 cm³/mol. The number of halogens is 2. The highest BCUT2D eigenvalue weighted by molar-refractivity contribution is 6.36. The molecule has 1 amide bonds. The molecule has 1 N–H and O–H groups in total. The molecular formula is C14H9Cl2N5O. The average Bonchev–Trinajstić information content (AvgIpc) is 3.04. The molecule has 0 saturated heterocycles. The zero-order chi connectivity index (χ0) is 15.5. The van der Waals surface area contributed by atoms with Crippen LogP contribution in [0.5, 0.6) is 0 Å². The molecular weight excluding hydrogens is 325 g/mol. The Morgan fingerprint density at radius 3 is 2.73 bits per heavy atom. The van der Waals surface area contributed by atoms with Crippen LogP contribution in [-0.2, 0) is 0 Å². The van der Waals surface area contributed by atoms with Crippen LogP contribution >= 0.6 is 23.2 Å². The molecule has 22 heavy (non-hydrogen) atoms. The molecule has 0 aliphatic heterocycles. The summed E-state index contributed by atoms with van der Waals surface area (Å²) in [6, 6.07) is 11.8. The smallest absolute Gasteiger partial charge is 0.255 e. The van der Waals surface area contributed by atoms with E-state index in [1.54, 1.807) is 42.5 Å². The SMILES string of the molecule is O=C(Nc1ccc(Cl)cc1Cl)c1cccc(-n2cnnn2)c1. The van der Waals surface area contributed by atoms with Gasteiger partial charge in [0, 0.05) is 10.6 Å². The van der Waals surface area contributed by atoms with Crippen molar-refractivity contribution >= 4 is 34.8 Å². The molecule has 0 aliphatic rings. The first-order chi connectivity index (χ1) is 10.6. The molecule has 0 fully saturated rings. The van der Waals surface area contributed by atoms with Crippen LogP contribution in [0, 0.1) is 0 Å². The highest BCUT2D eigenvalue weighted by atomic mass is 35.5. The maximum atomic E-state index is 12.3. The molecule has 0 saturated carbocycles. The number of rotatable bonds is 3. The quantitative estimate of drug-likeness (QED) is 0.798. The average molecular weight is 334 g/mol. The lowest BCUT2D eigenvalue weighted by Crippen LogP contribution is -2.12. The summed E-state index contributed by atoms with van der Waals surface area (Å²) >= 11 is 11.9. The summed E-state index contributed by atoms with van der Waals surface area (Å²) in [6.45, 7) is 0. The molecule has 0 bridgehead atoms. The molecule has 2 aromatic carbocycles. The lowest BCUT2D eigenvalue weighted by molar-refractivity contribution is 0.102. The Kier molecular flexibility index (Phi) is 4.04. The van der Waals surface area contributed by atoms with Gasteiger partial charge in [0.05, 0.1) is 16.4 Å². The van der Waals surface area contributed by atoms with Gasteiger partial charge in [0.1, 0.15) is 6.33 Å². The van der Waals surface area contributed by atoms with E-state index in [2.05, 4.69) is 20.8 Å². The van der Waals surface area contributed by atoms with Crippen LogP contribution in [0.4, 0.5) is 5.69 Å². The summed E-state index contributed by atoms with van der Waals surface area (Å²) in [6.07, 6.45) is 1.45. The van der Waals surface area contributed by atoms with Crippen LogP contribution in [0.2, 0.25) is 10.0 Å². The van der Waals surface area contributed by atoms with E-state index >= 15 is 0 Å². The molecule has 3 aromatic rings. The molecule has 0 unspecified atom stereocenters. The number of hydrogen-bond acceptors (Lipinski definition) is 4. The van der Waals surface area contributed by atoms with Gasteiger partial charge in [-0.25, -0.2) is 4.68 Å². The number of benzene rings is 2. The Hall–Kier alpha value is -2.44. The minimum Gasteiger partial charge on any atom is -0.321 e.